The van der Waals surface area contributed by atoms with Crippen molar-refractivity contribution in [1.82, 2.24) is 4.98 Å². The Labute approximate surface area is 130 Å². The highest BCUT2D eigenvalue weighted by Gasteiger charge is 2.14. The predicted octanol–water partition coefficient (Wildman–Crippen LogP) is 4.66. The lowest BCUT2D eigenvalue weighted by atomic mass is 9.86. The Morgan fingerprint density at radius 3 is 2.29 bits per heavy atom. The van der Waals surface area contributed by atoms with Crippen LogP contribution in [0.1, 0.15) is 37.5 Å². The molecular formula is C18H18ClNO. The van der Waals surface area contributed by atoms with Crippen LogP contribution in [0.25, 0.3) is 5.57 Å². The van der Waals surface area contributed by atoms with Crippen molar-refractivity contribution in [2.75, 3.05) is 0 Å². The van der Waals surface area contributed by atoms with E-state index in [1.807, 2.05) is 18.2 Å². The number of aldehydes is 1. The van der Waals surface area contributed by atoms with E-state index in [0.29, 0.717) is 5.15 Å². The van der Waals surface area contributed by atoms with Gasteiger partial charge in [0.05, 0.1) is 0 Å². The minimum absolute atomic E-state index is 0.104. The highest BCUT2D eigenvalue weighted by molar-refractivity contribution is 6.29. The van der Waals surface area contributed by atoms with Crippen molar-refractivity contribution in [2.24, 2.45) is 0 Å². The Morgan fingerprint density at radius 2 is 1.76 bits per heavy atom. The van der Waals surface area contributed by atoms with Gasteiger partial charge >= 0.3 is 0 Å². The van der Waals surface area contributed by atoms with Crippen molar-refractivity contribution < 1.29 is 4.79 Å². The molecule has 0 aliphatic rings. The van der Waals surface area contributed by atoms with Crippen LogP contribution in [0, 0.1) is 0 Å². The summed E-state index contributed by atoms with van der Waals surface area (Å²) in [5.74, 6) is 0. The lowest BCUT2D eigenvalue weighted by Crippen LogP contribution is -2.10. The van der Waals surface area contributed by atoms with Gasteiger partial charge in [-0.05, 0) is 45.9 Å². The molecule has 2 nitrogen and oxygen atoms in total. The van der Waals surface area contributed by atoms with Gasteiger partial charge < -0.3 is 0 Å². The average molecular weight is 300 g/mol. The van der Waals surface area contributed by atoms with Crippen molar-refractivity contribution in [3.8, 4) is 0 Å². The summed E-state index contributed by atoms with van der Waals surface area (Å²) in [7, 11) is 0. The summed E-state index contributed by atoms with van der Waals surface area (Å²) in [6.07, 6.45) is 3.99. The molecular weight excluding hydrogens is 282 g/mol. The molecule has 108 valence electrons. The van der Waals surface area contributed by atoms with Gasteiger partial charge in [-0.3, -0.25) is 4.79 Å². The summed E-state index contributed by atoms with van der Waals surface area (Å²) in [6.45, 7) is 6.52. The van der Waals surface area contributed by atoms with Gasteiger partial charge in [-0.25, -0.2) is 4.98 Å². The number of hydrogen-bond acceptors (Lipinski definition) is 2. The molecule has 3 heteroatoms. The summed E-state index contributed by atoms with van der Waals surface area (Å²) >= 11 is 5.93. The molecule has 0 fully saturated rings. The quantitative estimate of drug-likeness (QED) is 0.468. The molecule has 1 heterocycles. The minimum atomic E-state index is 0.104. The third-order valence-corrected chi connectivity index (χ3v) is 3.54. The van der Waals surface area contributed by atoms with Crippen LogP contribution in [0.5, 0.6) is 0 Å². The van der Waals surface area contributed by atoms with Crippen molar-refractivity contribution >= 4 is 23.5 Å². The van der Waals surface area contributed by atoms with Crippen LogP contribution in [0.2, 0.25) is 5.15 Å². The standard InChI is InChI=1S/C18H18ClNO/c1-18(2,3)15-6-4-13(5-7-15)16(9-11-21)14-8-10-20-17(19)12-14/h4-12H,1-3H3/b16-9-. The van der Waals surface area contributed by atoms with Crippen LogP contribution in [0.3, 0.4) is 0 Å². The Bertz CT molecular complexity index is 666. The lowest BCUT2D eigenvalue weighted by molar-refractivity contribution is -0.104. The number of rotatable bonds is 3. The summed E-state index contributed by atoms with van der Waals surface area (Å²) in [5, 5.41) is 0.413. The van der Waals surface area contributed by atoms with Crippen molar-refractivity contribution in [1.29, 1.82) is 0 Å². The second-order valence-electron chi connectivity index (χ2n) is 5.91. The molecule has 0 radical (unpaired) electrons. The van der Waals surface area contributed by atoms with Crippen molar-refractivity contribution in [3.63, 3.8) is 0 Å². The molecule has 0 aliphatic carbocycles. The maximum Gasteiger partial charge on any atom is 0.143 e. The molecule has 0 unspecified atom stereocenters. The van der Waals surface area contributed by atoms with E-state index in [1.54, 1.807) is 18.3 Å². The first-order valence-corrected chi connectivity index (χ1v) is 7.18. The molecule has 0 atom stereocenters. The van der Waals surface area contributed by atoms with E-state index in [4.69, 9.17) is 11.6 Å². The zero-order chi connectivity index (χ0) is 15.5. The highest BCUT2D eigenvalue weighted by atomic mass is 35.5. The first-order valence-electron chi connectivity index (χ1n) is 6.80. The monoisotopic (exact) mass is 299 g/mol. The first-order chi connectivity index (χ1) is 9.91. The van der Waals surface area contributed by atoms with Crippen LogP contribution >= 0.6 is 11.6 Å². The third-order valence-electron chi connectivity index (χ3n) is 3.33. The van der Waals surface area contributed by atoms with E-state index in [-0.39, 0.29) is 5.41 Å². The summed E-state index contributed by atoms with van der Waals surface area (Å²) in [5.41, 5.74) is 4.06. The minimum Gasteiger partial charge on any atom is -0.299 e. The summed E-state index contributed by atoms with van der Waals surface area (Å²) < 4.78 is 0. The zero-order valence-electron chi connectivity index (χ0n) is 12.4. The normalized spacial score (nSPS) is 12.3. The van der Waals surface area contributed by atoms with Gasteiger partial charge in [-0.15, -0.1) is 0 Å². The second-order valence-corrected chi connectivity index (χ2v) is 6.30. The first kappa shape index (κ1) is 15.5. The molecule has 0 spiro atoms. The molecule has 0 saturated carbocycles. The maximum atomic E-state index is 10.9. The fourth-order valence-corrected chi connectivity index (χ4v) is 2.32. The van der Waals surface area contributed by atoms with Crippen molar-refractivity contribution in [3.05, 3.63) is 70.5 Å². The number of allylic oxidation sites excluding steroid dienone is 1. The number of hydrogen-bond donors (Lipinski definition) is 0. The molecule has 1 aromatic heterocycles. The van der Waals surface area contributed by atoms with Gasteiger partial charge in [0.1, 0.15) is 11.4 Å². The van der Waals surface area contributed by atoms with E-state index in [1.165, 1.54) is 5.56 Å². The van der Waals surface area contributed by atoms with E-state index < -0.39 is 0 Å². The topological polar surface area (TPSA) is 30.0 Å². The molecule has 0 bridgehead atoms. The average Bonchev–Trinajstić information content (AvgIpc) is 2.44. The van der Waals surface area contributed by atoms with Crippen LogP contribution in [0.15, 0.2) is 48.7 Å². The van der Waals surface area contributed by atoms with Crippen LogP contribution in [-0.2, 0) is 10.2 Å². The molecule has 21 heavy (non-hydrogen) atoms. The van der Waals surface area contributed by atoms with Gasteiger partial charge in [0.25, 0.3) is 0 Å². The molecule has 0 aliphatic heterocycles. The number of halogens is 1. The third kappa shape index (κ3) is 3.79. The number of carbonyl (C=O) groups is 1. The predicted molar refractivity (Wildman–Crippen MR) is 87.5 cm³/mol. The van der Waals surface area contributed by atoms with E-state index >= 15 is 0 Å². The Morgan fingerprint density at radius 1 is 1.10 bits per heavy atom. The molecule has 2 aromatic rings. The fourth-order valence-electron chi connectivity index (χ4n) is 2.15. The van der Waals surface area contributed by atoms with Gasteiger partial charge in [-0.1, -0.05) is 56.6 Å². The van der Waals surface area contributed by atoms with Gasteiger partial charge in [0.15, 0.2) is 0 Å². The largest absolute Gasteiger partial charge is 0.299 e. The number of nitrogens with zero attached hydrogens (tertiary/aromatic N) is 1. The van der Waals surface area contributed by atoms with Crippen LogP contribution in [-0.4, -0.2) is 11.3 Å². The summed E-state index contributed by atoms with van der Waals surface area (Å²) in [6, 6.07) is 11.9. The SMILES string of the molecule is CC(C)(C)c1ccc(/C(=C/C=O)c2ccnc(Cl)c2)cc1. The number of pyridine rings is 1. The lowest BCUT2D eigenvalue weighted by Gasteiger charge is -2.19. The van der Waals surface area contributed by atoms with E-state index in [2.05, 4.69) is 37.9 Å². The molecule has 0 amide bonds. The highest BCUT2D eigenvalue weighted by Crippen LogP contribution is 2.28. The number of aromatic nitrogens is 1. The number of carbonyl (C=O) groups excluding carboxylic acids is 1. The molecule has 2 rings (SSSR count). The Hall–Kier alpha value is -1.93. The summed E-state index contributed by atoms with van der Waals surface area (Å²) in [4.78, 5) is 14.9. The van der Waals surface area contributed by atoms with Gasteiger partial charge in [-0.2, -0.15) is 0 Å². The van der Waals surface area contributed by atoms with E-state index in [0.717, 1.165) is 23.0 Å². The van der Waals surface area contributed by atoms with Crippen LogP contribution < -0.4 is 0 Å². The molecule has 1 aromatic carbocycles. The van der Waals surface area contributed by atoms with Gasteiger partial charge in [0, 0.05) is 6.20 Å². The number of benzene rings is 1. The fraction of sp³-hybridized carbons (Fsp3) is 0.222. The Balaban J connectivity index is 2.45. The smallest absolute Gasteiger partial charge is 0.143 e. The zero-order valence-corrected chi connectivity index (χ0v) is 13.2. The van der Waals surface area contributed by atoms with Crippen molar-refractivity contribution in [2.45, 2.75) is 26.2 Å². The van der Waals surface area contributed by atoms with E-state index in [9.17, 15) is 4.79 Å². The second kappa shape index (κ2) is 6.23. The van der Waals surface area contributed by atoms with Crippen LogP contribution in [0.4, 0.5) is 0 Å². The van der Waals surface area contributed by atoms with Gasteiger partial charge in [0.2, 0.25) is 0 Å². The Kier molecular flexibility index (Phi) is 4.59. The molecule has 0 N–H and O–H groups in total. The molecule has 0 saturated heterocycles. The maximum absolute atomic E-state index is 10.9.